The summed E-state index contributed by atoms with van der Waals surface area (Å²) in [6.07, 6.45) is 7.29. The quantitative estimate of drug-likeness (QED) is 0.797. The van der Waals surface area contributed by atoms with Crippen molar-refractivity contribution in [3.05, 3.63) is 0 Å². The van der Waals surface area contributed by atoms with Crippen LogP contribution in [0.15, 0.2) is 0 Å². The first kappa shape index (κ1) is 12.4. The second kappa shape index (κ2) is 5.50. The van der Waals surface area contributed by atoms with Crippen LogP contribution in [0.5, 0.6) is 0 Å². The molecule has 0 spiro atoms. The first-order valence-electron chi connectivity index (χ1n) is 7.01. The van der Waals surface area contributed by atoms with Gasteiger partial charge in [0.05, 0.1) is 6.10 Å². The molecular weight excluding hydrogens is 198 g/mol. The number of ether oxygens (including phenoxy) is 1. The Hall–Kier alpha value is -0.0800. The number of likely N-dealkylation sites (N-methyl/N-ethyl adjacent to an activating group) is 1. The van der Waals surface area contributed by atoms with E-state index in [1.165, 1.54) is 32.1 Å². The summed E-state index contributed by atoms with van der Waals surface area (Å²) in [5.74, 6) is 2.51. The van der Waals surface area contributed by atoms with E-state index in [1.54, 1.807) is 0 Å². The molecule has 1 saturated carbocycles. The highest BCUT2D eigenvalue weighted by molar-refractivity contribution is 4.90. The smallest absolute Gasteiger partial charge is 0.0756 e. The van der Waals surface area contributed by atoms with Crippen LogP contribution in [0.2, 0.25) is 0 Å². The van der Waals surface area contributed by atoms with Crippen LogP contribution in [0.25, 0.3) is 0 Å². The molecule has 0 aromatic heterocycles. The van der Waals surface area contributed by atoms with Gasteiger partial charge in [-0.3, -0.25) is 0 Å². The van der Waals surface area contributed by atoms with Crippen molar-refractivity contribution in [2.75, 3.05) is 13.7 Å². The zero-order chi connectivity index (χ0) is 11.5. The van der Waals surface area contributed by atoms with Crippen LogP contribution in [0, 0.1) is 17.8 Å². The van der Waals surface area contributed by atoms with E-state index in [0.29, 0.717) is 12.1 Å². The highest BCUT2D eigenvalue weighted by Gasteiger charge is 2.36. The topological polar surface area (TPSA) is 21.3 Å². The van der Waals surface area contributed by atoms with E-state index in [1.807, 2.05) is 0 Å². The lowest BCUT2D eigenvalue weighted by Crippen LogP contribution is -2.46. The van der Waals surface area contributed by atoms with Gasteiger partial charge in [0.1, 0.15) is 0 Å². The molecule has 0 aromatic rings. The Kier molecular flexibility index (Phi) is 4.26. The number of hydrogen-bond acceptors (Lipinski definition) is 2. The van der Waals surface area contributed by atoms with Crippen LogP contribution < -0.4 is 5.32 Å². The van der Waals surface area contributed by atoms with E-state index in [2.05, 4.69) is 26.2 Å². The lowest BCUT2D eigenvalue weighted by atomic mass is 9.76. The molecule has 1 heterocycles. The van der Waals surface area contributed by atoms with Crippen molar-refractivity contribution in [3.63, 3.8) is 0 Å². The van der Waals surface area contributed by atoms with E-state index in [0.717, 1.165) is 24.4 Å². The summed E-state index contributed by atoms with van der Waals surface area (Å²) in [4.78, 5) is 0. The minimum atomic E-state index is 0.461. The van der Waals surface area contributed by atoms with Gasteiger partial charge in [0.15, 0.2) is 0 Å². The first-order chi connectivity index (χ1) is 7.72. The number of rotatable bonds is 3. The van der Waals surface area contributed by atoms with Crippen LogP contribution in [0.4, 0.5) is 0 Å². The predicted octanol–water partition coefficient (Wildman–Crippen LogP) is 2.83. The Morgan fingerprint density at radius 2 is 1.75 bits per heavy atom. The van der Waals surface area contributed by atoms with Crippen LogP contribution in [-0.4, -0.2) is 25.8 Å². The zero-order valence-electron chi connectivity index (χ0n) is 11.0. The molecule has 3 unspecified atom stereocenters. The molecule has 0 aromatic carbocycles. The molecule has 1 N–H and O–H groups in total. The maximum absolute atomic E-state index is 5.94. The molecule has 3 atom stereocenters. The normalized spacial score (nSPS) is 42.2. The minimum absolute atomic E-state index is 0.461. The highest BCUT2D eigenvalue weighted by Crippen LogP contribution is 2.35. The van der Waals surface area contributed by atoms with Gasteiger partial charge in [-0.1, -0.05) is 26.7 Å². The summed E-state index contributed by atoms with van der Waals surface area (Å²) in [5.41, 5.74) is 0. The molecular formula is C14H27NO. The molecule has 94 valence electrons. The van der Waals surface area contributed by atoms with Crippen LogP contribution in [0.1, 0.15) is 46.0 Å². The van der Waals surface area contributed by atoms with Gasteiger partial charge in [-0.2, -0.15) is 0 Å². The van der Waals surface area contributed by atoms with Crippen molar-refractivity contribution in [1.29, 1.82) is 0 Å². The molecule has 0 radical (unpaired) electrons. The summed E-state index contributed by atoms with van der Waals surface area (Å²) in [6.45, 7) is 5.69. The zero-order valence-corrected chi connectivity index (χ0v) is 11.0. The van der Waals surface area contributed by atoms with Crippen LogP contribution in [0.3, 0.4) is 0 Å². The Balaban J connectivity index is 1.93. The predicted molar refractivity (Wildman–Crippen MR) is 67.5 cm³/mol. The third kappa shape index (κ3) is 2.60. The Morgan fingerprint density at radius 3 is 2.25 bits per heavy atom. The molecule has 2 fully saturated rings. The van der Waals surface area contributed by atoms with Gasteiger partial charge in [-0.15, -0.1) is 0 Å². The van der Waals surface area contributed by atoms with Crippen LogP contribution >= 0.6 is 0 Å². The third-order valence-corrected chi connectivity index (χ3v) is 4.70. The SMILES string of the molecule is CNC(C1CCC(C)CC1)C1OCCC1C. The van der Waals surface area contributed by atoms with Crippen molar-refractivity contribution in [1.82, 2.24) is 5.32 Å². The fraction of sp³-hybridized carbons (Fsp3) is 1.00. The van der Waals surface area contributed by atoms with E-state index < -0.39 is 0 Å². The second-order valence-corrected chi connectivity index (χ2v) is 5.94. The van der Waals surface area contributed by atoms with E-state index >= 15 is 0 Å². The van der Waals surface area contributed by atoms with Crippen molar-refractivity contribution in [3.8, 4) is 0 Å². The summed E-state index contributed by atoms with van der Waals surface area (Å²) >= 11 is 0. The van der Waals surface area contributed by atoms with Gasteiger partial charge in [-0.25, -0.2) is 0 Å². The van der Waals surface area contributed by atoms with Gasteiger partial charge in [-0.05, 0) is 44.1 Å². The Labute approximate surface area is 100 Å². The molecule has 1 aliphatic carbocycles. The maximum Gasteiger partial charge on any atom is 0.0756 e. The standard InChI is InChI=1S/C14H27NO/c1-10-4-6-12(7-5-10)13(15-3)14-11(2)8-9-16-14/h10-15H,4-9H2,1-3H3. The van der Waals surface area contributed by atoms with Crippen molar-refractivity contribution in [2.45, 2.75) is 58.1 Å². The van der Waals surface area contributed by atoms with E-state index in [9.17, 15) is 0 Å². The van der Waals surface area contributed by atoms with Crippen molar-refractivity contribution < 1.29 is 4.74 Å². The Bertz CT molecular complexity index is 211. The minimum Gasteiger partial charge on any atom is -0.376 e. The molecule has 1 aliphatic heterocycles. The fourth-order valence-electron chi connectivity index (χ4n) is 3.49. The molecule has 0 amide bonds. The lowest BCUT2D eigenvalue weighted by molar-refractivity contribution is 0.0332. The average molecular weight is 225 g/mol. The van der Waals surface area contributed by atoms with Gasteiger partial charge < -0.3 is 10.1 Å². The first-order valence-corrected chi connectivity index (χ1v) is 7.01. The fourth-order valence-corrected chi connectivity index (χ4v) is 3.49. The molecule has 2 rings (SSSR count). The van der Waals surface area contributed by atoms with Gasteiger partial charge in [0.2, 0.25) is 0 Å². The number of hydrogen-bond donors (Lipinski definition) is 1. The average Bonchev–Trinajstić information content (AvgIpc) is 2.69. The monoisotopic (exact) mass is 225 g/mol. The second-order valence-electron chi connectivity index (χ2n) is 5.94. The molecule has 2 nitrogen and oxygen atoms in total. The van der Waals surface area contributed by atoms with Crippen molar-refractivity contribution in [2.24, 2.45) is 17.8 Å². The molecule has 0 bridgehead atoms. The molecule has 2 aliphatic rings. The van der Waals surface area contributed by atoms with Gasteiger partial charge >= 0.3 is 0 Å². The van der Waals surface area contributed by atoms with E-state index in [-0.39, 0.29) is 0 Å². The summed E-state index contributed by atoms with van der Waals surface area (Å²) in [6, 6.07) is 0.588. The van der Waals surface area contributed by atoms with Crippen LogP contribution in [-0.2, 0) is 4.74 Å². The molecule has 16 heavy (non-hydrogen) atoms. The van der Waals surface area contributed by atoms with Crippen molar-refractivity contribution >= 4 is 0 Å². The van der Waals surface area contributed by atoms with E-state index in [4.69, 9.17) is 4.74 Å². The largest absolute Gasteiger partial charge is 0.376 e. The third-order valence-electron chi connectivity index (χ3n) is 4.70. The van der Waals surface area contributed by atoms with Gasteiger partial charge in [0, 0.05) is 12.6 Å². The lowest BCUT2D eigenvalue weighted by Gasteiger charge is -2.36. The molecule has 2 heteroatoms. The summed E-state index contributed by atoms with van der Waals surface area (Å²) in [5, 5.41) is 3.53. The highest BCUT2D eigenvalue weighted by atomic mass is 16.5. The van der Waals surface area contributed by atoms with Gasteiger partial charge in [0.25, 0.3) is 0 Å². The summed E-state index contributed by atoms with van der Waals surface area (Å²) in [7, 11) is 2.11. The Morgan fingerprint density at radius 1 is 1.06 bits per heavy atom. The molecule has 1 saturated heterocycles. The number of nitrogens with one attached hydrogen (secondary N) is 1. The summed E-state index contributed by atoms with van der Waals surface area (Å²) < 4.78 is 5.94. The maximum atomic E-state index is 5.94.